The third-order valence-corrected chi connectivity index (χ3v) is 2.82. The molecule has 2 unspecified atom stereocenters. The van der Waals surface area contributed by atoms with Gasteiger partial charge in [-0.25, -0.2) is 0 Å². The van der Waals surface area contributed by atoms with E-state index in [0.29, 0.717) is 26.2 Å². The lowest BCUT2D eigenvalue weighted by molar-refractivity contribution is -0.131. The van der Waals surface area contributed by atoms with Crippen LogP contribution in [0.15, 0.2) is 0 Å². The van der Waals surface area contributed by atoms with Crippen molar-refractivity contribution >= 4 is 5.91 Å². The molecule has 4 N–H and O–H groups in total. The standard InChI is InChI=1S/C10H21N3O3/c1-12(4-2-3-11)10(16)7-13-5-8(14)9(15)6-13/h8-9,14-15H,2-7,11H2,1H3. The number of hydrogen-bond acceptors (Lipinski definition) is 5. The van der Waals surface area contributed by atoms with E-state index in [4.69, 9.17) is 5.73 Å². The van der Waals surface area contributed by atoms with Gasteiger partial charge in [-0.05, 0) is 13.0 Å². The first-order valence-corrected chi connectivity index (χ1v) is 5.57. The Morgan fingerprint density at radius 3 is 2.50 bits per heavy atom. The van der Waals surface area contributed by atoms with E-state index in [-0.39, 0.29) is 12.5 Å². The number of rotatable bonds is 5. The Kier molecular flexibility index (Phi) is 5.14. The van der Waals surface area contributed by atoms with Gasteiger partial charge in [0.2, 0.25) is 5.91 Å². The van der Waals surface area contributed by atoms with Crippen LogP contribution in [0, 0.1) is 0 Å². The third-order valence-electron chi connectivity index (χ3n) is 2.82. The van der Waals surface area contributed by atoms with E-state index in [2.05, 4.69) is 0 Å². The Labute approximate surface area is 95.6 Å². The quantitative estimate of drug-likeness (QED) is 0.501. The summed E-state index contributed by atoms with van der Waals surface area (Å²) in [6.45, 7) is 2.18. The fraction of sp³-hybridized carbons (Fsp3) is 0.900. The van der Waals surface area contributed by atoms with Crippen molar-refractivity contribution in [1.29, 1.82) is 0 Å². The predicted octanol–water partition coefficient (Wildman–Crippen LogP) is -2.17. The zero-order valence-corrected chi connectivity index (χ0v) is 9.67. The predicted molar refractivity (Wildman–Crippen MR) is 59.8 cm³/mol. The highest BCUT2D eigenvalue weighted by atomic mass is 16.3. The second-order valence-corrected chi connectivity index (χ2v) is 4.29. The minimum Gasteiger partial charge on any atom is -0.389 e. The van der Waals surface area contributed by atoms with Gasteiger partial charge in [0.1, 0.15) is 0 Å². The molecule has 1 fully saturated rings. The molecule has 1 saturated heterocycles. The Hall–Kier alpha value is -0.690. The summed E-state index contributed by atoms with van der Waals surface area (Å²) in [5, 5.41) is 18.7. The number of likely N-dealkylation sites (tertiary alicyclic amines) is 1. The molecule has 0 aliphatic carbocycles. The van der Waals surface area contributed by atoms with Crippen LogP contribution in [0.5, 0.6) is 0 Å². The van der Waals surface area contributed by atoms with Gasteiger partial charge in [0.25, 0.3) is 0 Å². The maximum atomic E-state index is 11.7. The molecule has 0 spiro atoms. The van der Waals surface area contributed by atoms with Gasteiger partial charge in [-0.15, -0.1) is 0 Å². The SMILES string of the molecule is CN(CCCN)C(=O)CN1CC(O)C(O)C1. The first kappa shape index (κ1) is 13.4. The largest absolute Gasteiger partial charge is 0.389 e. The van der Waals surface area contributed by atoms with Gasteiger partial charge in [-0.3, -0.25) is 9.69 Å². The molecule has 6 heteroatoms. The number of amides is 1. The van der Waals surface area contributed by atoms with Gasteiger partial charge in [-0.1, -0.05) is 0 Å². The summed E-state index contributed by atoms with van der Waals surface area (Å²) in [6, 6.07) is 0. The Balaban J connectivity index is 2.29. The zero-order chi connectivity index (χ0) is 12.1. The molecule has 1 heterocycles. The van der Waals surface area contributed by atoms with Crippen LogP contribution in [0.1, 0.15) is 6.42 Å². The molecule has 6 nitrogen and oxygen atoms in total. The van der Waals surface area contributed by atoms with E-state index < -0.39 is 12.2 Å². The van der Waals surface area contributed by atoms with E-state index in [1.807, 2.05) is 0 Å². The molecule has 0 aromatic carbocycles. The second kappa shape index (κ2) is 6.15. The minimum atomic E-state index is -0.734. The molecule has 0 aromatic heterocycles. The monoisotopic (exact) mass is 231 g/mol. The van der Waals surface area contributed by atoms with Crippen LogP contribution in [0.4, 0.5) is 0 Å². The Morgan fingerprint density at radius 2 is 2.00 bits per heavy atom. The Morgan fingerprint density at radius 1 is 1.44 bits per heavy atom. The van der Waals surface area contributed by atoms with Gasteiger partial charge in [0, 0.05) is 26.7 Å². The molecule has 0 saturated carbocycles. The highest BCUT2D eigenvalue weighted by molar-refractivity contribution is 5.78. The number of likely N-dealkylation sites (N-methyl/N-ethyl adjacent to an activating group) is 1. The van der Waals surface area contributed by atoms with Crippen LogP contribution in [0.3, 0.4) is 0 Å². The van der Waals surface area contributed by atoms with Crippen molar-refractivity contribution in [2.24, 2.45) is 5.73 Å². The normalized spacial score (nSPS) is 26.0. The van der Waals surface area contributed by atoms with Crippen molar-refractivity contribution in [3.63, 3.8) is 0 Å². The fourth-order valence-electron chi connectivity index (χ4n) is 1.74. The van der Waals surface area contributed by atoms with E-state index in [9.17, 15) is 15.0 Å². The van der Waals surface area contributed by atoms with E-state index in [0.717, 1.165) is 6.42 Å². The first-order chi connectivity index (χ1) is 7.54. The minimum absolute atomic E-state index is 0.00486. The van der Waals surface area contributed by atoms with Crippen molar-refractivity contribution in [2.45, 2.75) is 18.6 Å². The van der Waals surface area contributed by atoms with Gasteiger partial charge in [0.15, 0.2) is 0 Å². The number of aliphatic hydroxyl groups is 2. The number of carbonyl (C=O) groups excluding carboxylic acids is 1. The van der Waals surface area contributed by atoms with Crippen molar-refractivity contribution in [2.75, 3.05) is 39.8 Å². The lowest BCUT2D eigenvalue weighted by atomic mass is 10.3. The maximum absolute atomic E-state index is 11.7. The highest BCUT2D eigenvalue weighted by Gasteiger charge is 2.30. The highest BCUT2D eigenvalue weighted by Crippen LogP contribution is 2.09. The van der Waals surface area contributed by atoms with Gasteiger partial charge < -0.3 is 20.8 Å². The summed E-state index contributed by atoms with van der Waals surface area (Å²) >= 11 is 0. The molecule has 1 amide bonds. The summed E-state index contributed by atoms with van der Waals surface area (Å²) in [7, 11) is 1.74. The molecule has 1 aliphatic heterocycles. The molecular weight excluding hydrogens is 210 g/mol. The first-order valence-electron chi connectivity index (χ1n) is 5.57. The molecule has 0 bridgehead atoms. The number of nitrogens with two attached hydrogens (primary N) is 1. The number of carbonyl (C=O) groups is 1. The molecule has 16 heavy (non-hydrogen) atoms. The molecular formula is C10H21N3O3. The lowest BCUT2D eigenvalue weighted by Gasteiger charge is -2.20. The van der Waals surface area contributed by atoms with Crippen molar-refractivity contribution in [3.8, 4) is 0 Å². The van der Waals surface area contributed by atoms with Crippen molar-refractivity contribution in [3.05, 3.63) is 0 Å². The summed E-state index contributed by atoms with van der Waals surface area (Å²) in [6.07, 6.45) is -0.683. The molecule has 0 radical (unpaired) electrons. The van der Waals surface area contributed by atoms with E-state index >= 15 is 0 Å². The van der Waals surface area contributed by atoms with E-state index in [1.165, 1.54) is 0 Å². The second-order valence-electron chi connectivity index (χ2n) is 4.29. The van der Waals surface area contributed by atoms with Gasteiger partial charge >= 0.3 is 0 Å². The van der Waals surface area contributed by atoms with Crippen LogP contribution in [-0.2, 0) is 4.79 Å². The van der Waals surface area contributed by atoms with Crippen LogP contribution >= 0.6 is 0 Å². The number of β-amino-alcohol motifs (C(OH)–C–C–N with tert-alkyl or cyclic N) is 2. The third kappa shape index (κ3) is 3.71. The Bertz CT molecular complexity index is 227. The molecule has 2 atom stereocenters. The van der Waals surface area contributed by atoms with Crippen LogP contribution in [-0.4, -0.2) is 77.9 Å². The van der Waals surface area contributed by atoms with Crippen molar-refractivity contribution < 1.29 is 15.0 Å². The van der Waals surface area contributed by atoms with E-state index in [1.54, 1.807) is 16.8 Å². The summed E-state index contributed by atoms with van der Waals surface area (Å²) in [5.74, 6) is -0.00486. The van der Waals surface area contributed by atoms with Crippen LogP contribution < -0.4 is 5.73 Å². The average molecular weight is 231 g/mol. The fourth-order valence-corrected chi connectivity index (χ4v) is 1.74. The lowest BCUT2D eigenvalue weighted by Crippen LogP contribution is -2.38. The van der Waals surface area contributed by atoms with Gasteiger partial charge in [0.05, 0.1) is 18.8 Å². The molecule has 1 rings (SSSR count). The number of aliphatic hydroxyl groups excluding tert-OH is 2. The molecule has 0 aromatic rings. The number of nitrogens with zero attached hydrogens (tertiary/aromatic N) is 2. The van der Waals surface area contributed by atoms with Gasteiger partial charge in [-0.2, -0.15) is 0 Å². The van der Waals surface area contributed by atoms with Crippen LogP contribution in [0.25, 0.3) is 0 Å². The van der Waals surface area contributed by atoms with Crippen LogP contribution in [0.2, 0.25) is 0 Å². The zero-order valence-electron chi connectivity index (χ0n) is 9.67. The van der Waals surface area contributed by atoms with Crippen molar-refractivity contribution in [1.82, 2.24) is 9.80 Å². The summed E-state index contributed by atoms with van der Waals surface area (Å²) in [4.78, 5) is 15.1. The maximum Gasteiger partial charge on any atom is 0.236 e. The summed E-state index contributed by atoms with van der Waals surface area (Å²) in [5.41, 5.74) is 5.36. The molecule has 1 aliphatic rings. The topological polar surface area (TPSA) is 90.0 Å². The molecule has 94 valence electrons. The smallest absolute Gasteiger partial charge is 0.236 e. The number of hydrogen-bond donors (Lipinski definition) is 3. The average Bonchev–Trinajstić information content (AvgIpc) is 2.54. The summed E-state index contributed by atoms with van der Waals surface area (Å²) < 4.78 is 0.